The van der Waals surface area contributed by atoms with Crippen LogP contribution in [0.15, 0.2) is 33.5 Å². The number of aromatic nitrogens is 2. The van der Waals surface area contributed by atoms with Gasteiger partial charge in [0, 0.05) is 30.1 Å². The predicted octanol–water partition coefficient (Wildman–Crippen LogP) is 5.02. The van der Waals surface area contributed by atoms with Gasteiger partial charge < -0.3 is 4.90 Å². The van der Waals surface area contributed by atoms with Gasteiger partial charge in [-0.05, 0) is 58.2 Å². The Hall–Kier alpha value is -2.12. The first-order chi connectivity index (χ1) is 14.1. The Kier molecular flexibility index (Phi) is 6.72. The second-order valence-corrected chi connectivity index (χ2v) is 9.96. The van der Waals surface area contributed by atoms with Crippen molar-refractivity contribution in [3.63, 3.8) is 0 Å². The summed E-state index contributed by atoms with van der Waals surface area (Å²) in [7, 11) is 1.73. The molecule has 0 spiro atoms. The van der Waals surface area contributed by atoms with Gasteiger partial charge in [-0.15, -0.1) is 11.3 Å². The smallest absolute Gasteiger partial charge is 0.263 e. The number of hydrogen-bond acceptors (Lipinski definition) is 5. The molecule has 0 N–H and O–H groups in total. The Morgan fingerprint density at radius 2 is 1.83 bits per heavy atom. The average Bonchev–Trinajstić information content (AvgIpc) is 3.09. The molecule has 5 nitrogen and oxygen atoms in total. The van der Waals surface area contributed by atoms with Gasteiger partial charge in [0.1, 0.15) is 4.83 Å². The maximum atomic E-state index is 13.2. The van der Waals surface area contributed by atoms with Crippen LogP contribution >= 0.6 is 23.1 Å². The molecule has 0 saturated carbocycles. The number of carbonyl (C=O) groups is 1. The van der Waals surface area contributed by atoms with Crippen molar-refractivity contribution in [3.05, 3.63) is 45.1 Å². The van der Waals surface area contributed by atoms with Crippen LogP contribution in [0.2, 0.25) is 0 Å². The highest BCUT2D eigenvalue weighted by Gasteiger charge is 2.22. The van der Waals surface area contributed by atoms with Crippen LogP contribution in [0, 0.1) is 13.8 Å². The molecule has 0 saturated heterocycles. The van der Waals surface area contributed by atoms with Gasteiger partial charge in [-0.3, -0.25) is 14.2 Å². The van der Waals surface area contributed by atoms with Gasteiger partial charge in [0.15, 0.2) is 5.16 Å². The highest BCUT2D eigenvalue weighted by atomic mass is 32.2. The number of nitrogens with zero attached hydrogens (tertiary/aromatic N) is 3. The van der Waals surface area contributed by atoms with Gasteiger partial charge in [0.2, 0.25) is 5.91 Å². The molecule has 0 aliphatic heterocycles. The summed E-state index contributed by atoms with van der Waals surface area (Å²) in [6.45, 7) is 12.2. The van der Waals surface area contributed by atoms with Crippen molar-refractivity contribution in [2.45, 2.75) is 58.8 Å². The molecule has 2 aromatic heterocycles. The highest BCUT2D eigenvalue weighted by molar-refractivity contribution is 7.99. The van der Waals surface area contributed by atoms with E-state index in [1.807, 2.05) is 38.0 Å². The highest BCUT2D eigenvalue weighted by Crippen LogP contribution is 2.33. The molecule has 30 heavy (non-hydrogen) atoms. The van der Waals surface area contributed by atoms with Gasteiger partial charge in [0.05, 0.1) is 11.1 Å². The first kappa shape index (κ1) is 22.6. The largest absolute Gasteiger partial charge is 0.337 e. The van der Waals surface area contributed by atoms with E-state index in [1.54, 1.807) is 11.6 Å². The number of benzene rings is 1. The lowest BCUT2D eigenvalue weighted by atomic mass is 10.0. The zero-order valence-corrected chi connectivity index (χ0v) is 20.3. The van der Waals surface area contributed by atoms with Gasteiger partial charge in [-0.1, -0.05) is 30.0 Å². The predicted molar refractivity (Wildman–Crippen MR) is 128 cm³/mol. The third kappa shape index (κ3) is 4.32. The second kappa shape index (κ2) is 8.94. The van der Waals surface area contributed by atoms with Gasteiger partial charge in [-0.25, -0.2) is 4.98 Å². The van der Waals surface area contributed by atoms with E-state index >= 15 is 0 Å². The van der Waals surface area contributed by atoms with E-state index in [1.165, 1.54) is 34.2 Å². The lowest BCUT2D eigenvalue weighted by Crippen LogP contribution is -2.43. The van der Waals surface area contributed by atoms with E-state index in [4.69, 9.17) is 4.98 Å². The normalized spacial score (nSPS) is 11.6. The summed E-state index contributed by atoms with van der Waals surface area (Å²) < 4.78 is 1.56. The number of fused-ring (bicyclic) bond motifs is 1. The lowest BCUT2D eigenvalue weighted by molar-refractivity contribution is -0.131. The standard InChI is InChI=1S/C23H29N3O2S2/c1-13(2)26(14(3)4)19(27)12-30-23-24-21-20(22(28)25(23)7)18(11-29-21)17-9-8-15(5)16(6)10-17/h8-11,13-14H,12H2,1-7H3. The first-order valence-corrected chi connectivity index (χ1v) is 12.0. The van der Waals surface area contributed by atoms with E-state index in [2.05, 4.69) is 32.0 Å². The molecule has 0 unspecified atom stereocenters. The molecule has 0 radical (unpaired) electrons. The van der Waals surface area contributed by atoms with E-state index < -0.39 is 0 Å². The molecule has 0 atom stereocenters. The number of aryl methyl sites for hydroxylation is 2. The Labute approximate surface area is 186 Å². The minimum atomic E-state index is -0.0750. The van der Waals surface area contributed by atoms with E-state index in [9.17, 15) is 9.59 Å². The zero-order valence-electron chi connectivity index (χ0n) is 18.6. The molecule has 160 valence electrons. The van der Waals surface area contributed by atoms with Crippen LogP contribution in [0.25, 0.3) is 21.3 Å². The van der Waals surface area contributed by atoms with E-state index in [0.29, 0.717) is 15.4 Å². The van der Waals surface area contributed by atoms with Gasteiger partial charge >= 0.3 is 0 Å². The minimum Gasteiger partial charge on any atom is -0.337 e. The van der Waals surface area contributed by atoms with Gasteiger partial charge in [0.25, 0.3) is 5.56 Å². The molecule has 0 fully saturated rings. The van der Waals surface area contributed by atoms with Crippen molar-refractivity contribution < 1.29 is 4.79 Å². The SMILES string of the molecule is Cc1ccc(-c2csc3nc(SCC(=O)N(C(C)C)C(C)C)n(C)c(=O)c23)cc1C. The summed E-state index contributed by atoms with van der Waals surface area (Å²) in [5.74, 6) is 0.318. The second-order valence-electron chi connectivity index (χ2n) is 8.16. The number of rotatable bonds is 6. The maximum Gasteiger partial charge on any atom is 0.263 e. The third-order valence-corrected chi connectivity index (χ3v) is 7.20. The van der Waals surface area contributed by atoms with Crippen LogP contribution in [0.1, 0.15) is 38.8 Å². The van der Waals surface area contributed by atoms with Crippen LogP contribution in [-0.4, -0.2) is 38.2 Å². The quantitative estimate of drug-likeness (QED) is 0.397. The number of carbonyl (C=O) groups excluding carboxylic acids is 1. The fourth-order valence-electron chi connectivity index (χ4n) is 3.68. The molecule has 1 aromatic carbocycles. The molecule has 0 aliphatic rings. The summed E-state index contributed by atoms with van der Waals surface area (Å²) in [4.78, 5) is 33.2. The summed E-state index contributed by atoms with van der Waals surface area (Å²) in [6.07, 6.45) is 0. The van der Waals surface area contributed by atoms with E-state index in [-0.39, 0.29) is 29.3 Å². The minimum absolute atomic E-state index is 0.0568. The third-order valence-electron chi connectivity index (χ3n) is 5.32. The van der Waals surface area contributed by atoms with Crippen LogP contribution in [0.4, 0.5) is 0 Å². The zero-order chi connectivity index (χ0) is 22.2. The molecule has 7 heteroatoms. The number of thioether (sulfide) groups is 1. The first-order valence-electron chi connectivity index (χ1n) is 10.1. The Morgan fingerprint density at radius 3 is 2.43 bits per heavy atom. The molecular weight excluding hydrogens is 414 g/mol. The van der Waals surface area contributed by atoms with E-state index in [0.717, 1.165) is 11.1 Å². The number of amides is 1. The molecule has 3 rings (SSSR count). The molecule has 2 heterocycles. The van der Waals surface area contributed by atoms with Crippen LogP contribution in [0.5, 0.6) is 0 Å². The summed E-state index contributed by atoms with van der Waals surface area (Å²) in [6, 6.07) is 6.52. The van der Waals surface area contributed by atoms with Crippen LogP contribution < -0.4 is 5.56 Å². The lowest BCUT2D eigenvalue weighted by Gasteiger charge is -2.30. The summed E-state index contributed by atoms with van der Waals surface area (Å²) in [5, 5.41) is 3.22. The average molecular weight is 444 g/mol. The van der Waals surface area contributed by atoms with Crippen molar-refractivity contribution in [1.29, 1.82) is 0 Å². The molecule has 0 aliphatic carbocycles. The molecular formula is C23H29N3O2S2. The number of hydrogen-bond donors (Lipinski definition) is 0. The Balaban J connectivity index is 1.94. The molecule has 0 bridgehead atoms. The summed E-state index contributed by atoms with van der Waals surface area (Å²) in [5.41, 5.74) is 4.30. The maximum absolute atomic E-state index is 13.2. The fourth-order valence-corrected chi connectivity index (χ4v) is 5.51. The van der Waals surface area contributed by atoms with Crippen molar-refractivity contribution in [2.75, 3.05) is 5.75 Å². The van der Waals surface area contributed by atoms with Crippen molar-refractivity contribution in [2.24, 2.45) is 7.05 Å². The summed E-state index contributed by atoms with van der Waals surface area (Å²) >= 11 is 2.80. The number of thiophene rings is 1. The fraction of sp³-hybridized carbons (Fsp3) is 0.435. The molecule has 3 aromatic rings. The Morgan fingerprint density at radius 1 is 1.17 bits per heavy atom. The van der Waals surface area contributed by atoms with Crippen LogP contribution in [0.3, 0.4) is 0 Å². The topological polar surface area (TPSA) is 55.2 Å². The van der Waals surface area contributed by atoms with Crippen molar-refractivity contribution in [1.82, 2.24) is 14.5 Å². The monoisotopic (exact) mass is 443 g/mol. The van der Waals surface area contributed by atoms with Crippen molar-refractivity contribution >= 4 is 39.2 Å². The molecule has 1 amide bonds. The van der Waals surface area contributed by atoms with Crippen LogP contribution in [-0.2, 0) is 11.8 Å². The van der Waals surface area contributed by atoms with Gasteiger partial charge in [-0.2, -0.15) is 0 Å². The van der Waals surface area contributed by atoms with Crippen molar-refractivity contribution in [3.8, 4) is 11.1 Å². The Bertz CT molecular complexity index is 1140.